The van der Waals surface area contributed by atoms with Crippen molar-refractivity contribution in [1.29, 1.82) is 0 Å². The molecule has 3 aromatic carbocycles. The number of rotatable bonds is 6. The Morgan fingerprint density at radius 1 is 0.778 bits per heavy atom. The lowest BCUT2D eigenvalue weighted by atomic mass is 9.88. The molecule has 36 heavy (non-hydrogen) atoms. The van der Waals surface area contributed by atoms with E-state index in [2.05, 4.69) is 0 Å². The van der Waals surface area contributed by atoms with Gasteiger partial charge < -0.3 is 9.47 Å². The minimum absolute atomic E-state index is 0.0223. The van der Waals surface area contributed by atoms with Gasteiger partial charge in [-0.05, 0) is 44.4 Å². The van der Waals surface area contributed by atoms with Crippen LogP contribution in [0.25, 0.3) is 17.2 Å². The normalized spacial score (nSPS) is 18.1. The highest BCUT2D eigenvalue weighted by molar-refractivity contribution is 5.66. The molecule has 0 aliphatic carbocycles. The van der Waals surface area contributed by atoms with Crippen molar-refractivity contribution in [3.8, 4) is 16.9 Å². The minimum Gasteiger partial charge on any atom is -0.491 e. The summed E-state index contributed by atoms with van der Waals surface area (Å²) in [6, 6.07) is 7.69. The topological polar surface area (TPSA) is 18.5 Å². The first-order valence-corrected chi connectivity index (χ1v) is 11.6. The van der Waals surface area contributed by atoms with Crippen LogP contribution >= 0.6 is 0 Å². The molecule has 0 saturated carbocycles. The van der Waals surface area contributed by atoms with Gasteiger partial charge in [-0.15, -0.1) is 0 Å². The number of allylic oxidation sites excluding steroid dienone is 1. The summed E-state index contributed by atoms with van der Waals surface area (Å²) in [6.45, 7) is 3.39. The Bertz CT molecular complexity index is 1300. The molecule has 0 radical (unpaired) electrons. The van der Waals surface area contributed by atoms with Crippen molar-refractivity contribution in [3.05, 3.63) is 94.1 Å². The summed E-state index contributed by atoms with van der Waals surface area (Å²) in [6.07, 6.45) is 2.81. The van der Waals surface area contributed by atoms with Crippen molar-refractivity contribution in [2.45, 2.75) is 38.7 Å². The summed E-state index contributed by atoms with van der Waals surface area (Å²) in [7, 11) is 0. The Kier molecular flexibility index (Phi) is 7.73. The first-order chi connectivity index (χ1) is 17.3. The highest BCUT2D eigenvalue weighted by Crippen LogP contribution is 2.40. The maximum Gasteiger partial charge on any atom is 0.201 e. The zero-order chi connectivity index (χ0) is 26.0. The van der Waals surface area contributed by atoms with E-state index < -0.39 is 58.1 Å². The molecule has 1 heterocycles. The molecule has 0 aromatic heterocycles. The van der Waals surface area contributed by atoms with E-state index in [0.29, 0.717) is 6.42 Å². The Balaban J connectivity index is 1.54. The van der Waals surface area contributed by atoms with Crippen molar-refractivity contribution >= 4 is 6.08 Å². The van der Waals surface area contributed by atoms with Crippen molar-refractivity contribution in [1.82, 2.24) is 0 Å². The van der Waals surface area contributed by atoms with E-state index in [4.69, 9.17) is 9.47 Å². The van der Waals surface area contributed by atoms with E-state index >= 15 is 4.39 Å². The second-order valence-electron chi connectivity index (χ2n) is 8.47. The van der Waals surface area contributed by atoms with Crippen LogP contribution in [0.5, 0.6) is 5.75 Å². The van der Waals surface area contributed by atoms with E-state index in [-0.39, 0.29) is 42.1 Å². The lowest BCUT2D eigenvalue weighted by molar-refractivity contribution is -0.000634. The SMILES string of the molecule is C/C=C/c1ccc(C2CCC(c3ccc(-c4ccc(OCC)c(F)c4F)c(F)c3F)OC2)c(F)c1F. The van der Waals surface area contributed by atoms with Crippen molar-refractivity contribution < 1.29 is 35.8 Å². The molecule has 1 aliphatic heterocycles. The van der Waals surface area contributed by atoms with Gasteiger partial charge in [0.1, 0.15) is 0 Å². The van der Waals surface area contributed by atoms with Gasteiger partial charge in [-0.25, -0.2) is 22.0 Å². The molecule has 1 aliphatic rings. The van der Waals surface area contributed by atoms with Crippen LogP contribution < -0.4 is 4.74 Å². The summed E-state index contributed by atoms with van der Waals surface area (Å²) < 4.78 is 98.4. The number of halogens is 6. The maximum absolute atomic E-state index is 15.0. The molecule has 2 nitrogen and oxygen atoms in total. The fourth-order valence-electron chi connectivity index (χ4n) is 4.47. The van der Waals surface area contributed by atoms with Crippen LogP contribution in [-0.2, 0) is 4.74 Å². The van der Waals surface area contributed by atoms with Crippen LogP contribution in [0.4, 0.5) is 26.3 Å². The number of ether oxygens (including phenoxy) is 2. The standard InChI is InChI=1S/C28H24F6O2/c1-3-5-15-6-8-17(24(30)23(15)29)16-7-12-21(36-14-16)20-10-9-18(25(31)27(20)33)19-11-13-22(35-4-2)28(34)26(19)32/h3,5-6,8-11,13,16,21H,4,7,12,14H2,1-2H3/b5-3+. The molecule has 8 heteroatoms. The fourth-order valence-corrected chi connectivity index (χ4v) is 4.47. The van der Waals surface area contributed by atoms with E-state index in [9.17, 15) is 22.0 Å². The average Bonchev–Trinajstić information content (AvgIpc) is 2.88. The molecule has 3 aromatic rings. The Morgan fingerprint density at radius 3 is 2.06 bits per heavy atom. The maximum atomic E-state index is 15.0. The predicted molar refractivity (Wildman–Crippen MR) is 125 cm³/mol. The van der Waals surface area contributed by atoms with Gasteiger partial charge in [-0.3, -0.25) is 0 Å². The molecule has 0 N–H and O–H groups in total. The Morgan fingerprint density at radius 2 is 1.42 bits per heavy atom. The zero-order valence-electron chi connectivity index (χ0n) is 19.7. The second kappa shape index (κ2) is 10.8. The van der Waals surface area contributed by atoms with Gasteiger partial charge in [0.05, 0.1) is 19.3 Å². The van der Waals surface area contributed by atoms with Crippen molar-refractivity contribution in [2.75, 3.05) is 13.2 Å². The van der Waals surface area contributed by atoms with E-state index in [1.54, 1.807) is 19.9 Å². The van der Waals surface area contributed by atoms with Crippen LogP contribution in [0, 0.1) is 34.9 Å². The highest BCUT2D eigenvalue weighted by Gasteiger charge is 2.30. The van der Waals surface area contributed by atoms with E-state index in [0.717, 1.165) is 18.2 Å². The number of benzene rings is 3. The molecule has 4 rings (SSSR count). The lowest BCUT2D eigenvalue weighted by Gasteiger charge is -2.30. The van der Waals surface area contributed by atoms with Gasteiger partial charge in [0.15, 0.2) is 34.8 Å². The summed E-state index contributed by atoms with van der Waals surface area (Å²) >= 11 is 0. The van der Waals surface area contributed by atoms with Crippen LogP contribution in [0.2, 0.25) is 0 Å². The van der Waals surface area contributed by atoms with Gasteiger partial charge in [-0.2, -0.15) is 4.39 Å². The lowest BCUT2D eigenvalue weighted by Crippen LogP contribution is -2.21. The fraction of sp³-hybridized carbons (Fsp3) is 0.286. The Hall–Kier alpha value is -3.26. The van der Waals surface area contributed by atoms with E-state index in [1.807, 2.05) is 0 Å². The molecule has 1 saturated heterocycles. The smallest absolute Gasteiger partial charge is 0.201 e. The van der Waals surface area contributed by atoms with Crippen LogP contribution in [0.3, 0.4) is 0 Å². The summed E-state index contributed by atoms with van der Waals surface area (Å²) in [5, 5.41) is 0. The van der Waals surface area contributed by atoms with Crippen LogP contribution in [0.1, 0.15) is 55.4 Å². The molecule has 0 amide bonds. The first kappa shape index (κ1) is 25.8. The average molecular weight is 506 g/mol. The van der Waals surface area contributed by atoms with Gasteiger partial charge in [0.2, 0.25) is 5.82 Å². The molecule has 1 fully saturated rings. The van der Waals surface area contributed by atoms with Gasteiger partial charge in [0.25, 0.3) is 0 Å². The molecule has 190 valence electrons. The minimum atomic E-state index is -1.35. The molecule has 0 spiro atoms. The van der Waals surface area contributed by atoms with Gasteiger partial charge >= 0.3 is 0 Å². The van der Waals surface area contributed by atoms with Crippen LogP contribution in [0.15, 0.2) is 42.5 Å². The second-order valence-corrected chi connectivity index (χ2v) is 8.47. The summed E-state index contributed by atoms with van der Waals surface area (Å²) in [5.41, 5.74) is -0.675. The third-order valence-corrected chi connectivity index (χ3v) is 6.30. The highest BCUT2D eigenvalue weighted by atomic mass is 19.2. The summed E-state index contributed by atoms with van der Waals surface area (Å²) in [4.78, 5) is 0. The van der Waals surface area contributed by atoms with Crippen molar-refractivity contribution in [3.63, 3.8) is 0 Å². The zero-order valence-corrected chi connectivity index (χ0v) is 19.7. The van der Waals surface area contributed by atoms with Crippen molar-refractivity contribution in [2.24, 2.45) is 0 Å². The first-order valence-electron chi connectivity index (χ1n) is 11.6. The molecule has 2 atom stereocenters. The summed E-state index contributed by atoms with van der Waals surface area (Å²) in [5.74, 6) is -7.90. The molecule has 0 bridgehead atoms. The number of hydrogen-bond donors (Lipinski definition) is 0. The van der Waals surface area contributed by atoms with Crippen LogP contribution in [-0.4, -0.2) is 13.2 Å². The third-order valence-electron chi connectivity index (χ3n) is 6.30. The monoisotopic (exact) mass is 506 g/mol. The van der Waals surface area contributed by atoms with Gasteiger partial charge in [-0.1, -0.05) is 36.4 Å². The quantitative estimate of drug-likeness (QED) is 0.314. The molecule has 2 unspecified atom stereocenters. The molecular formula is C28H24F6O2. The molecular weight excluding hydrogens is 482 g/mol. The van der Waals surface area contributed by atoms with Gasteiger partial charge in [0, 0.05) is 28.2 Å². The third kappa shape index (κ3) is 4.74. The largest absolute Gasteiger partial charge is 0.491 e. The van der Waals surface area contributed by atoms with E-state index in [1.165, 1.54) is 24.3 Å². The Labute approximate surface area is 205 Å². The number of hydrogen-bond acceptors (Lipinski definition) is 2. The predicted octanol–water partition coefficient (Wildman–Crippen LogP) is 8.26.